The monoisotopic (exact) mass is 582 g/mol. The highest BCUT2D eigenvalue weighted by Crippen LogP contribution is 2.53. The van der Waals surface area contributed by atoms with Gasteiger partial charge in [0, 0.05) is 23.4 Å². The van der Waals surface area contributed by atoms with Crippen molar-refractivity contribution in [3.63, 3.8) is 0 Å². The van der Waals surface area contributed by atoms with E-state index in [1.807, 2.05) is 0 Å². The Labute approximate surface area is 229 Å². The molecular formula is C27H29ClF2N2O6S. The van der Waals surface area contributed by atoms with Crippen LogP contribution in [0.5, 0.6) is 0 Å². The minimum Gasteiger partial charge on any atom is -0.393 e. The molecule has 0 heterocycles. The van der Waals surface area contributed by atoms with Crippen LogP contribution in [-0.4, -0.2) is 53.4 Å². The quantitative estimate of drug-likeness (QED) is 0.394. The molecule has 12 heteroatoms. The summed E-state index contributed by atoms with van der Waals surface area (Å²) < 4.78 is 54.1. The second-order valence-electron chi connectivity index (χ2n) is 10.9. The number of nitrogens with one attached hydrogen (secondary N) is 2. The molecule has 0 aliphatic heterocycles. The fourth-order valence-electron chi connectivity index (χ4n) is 6.21. The first kappa shape index (κ1) is 27.9. The summed E-state index contributed by atoms with van der Waals surface area (Å²) in [6, 6.07) is 6.54. The fraction of sp³-hybridized carbons (Fsp3) is 0.481. The van der Waals surface area contributed by atoms with Gasteiger partial charge in [-0.15, -0.1) is 0 Å². The second kappa shape index (κ2) is 10.4. The van der Waals surface area contributed by atoms with Crippen LogP contribution in [0.2, 0.25) is 5.02 Å². The molecule has 3 fully saturated rings. The zero-order valence-electron chi connectivity index (χ0n) is 20.9. The molecule has 2 bridgehead atoms. The highest BCUT2D eigenvalue weighted by molar-refractivity contribution is 7.92. The first-order valence-corrected chi connectivity index (χ1v) is 14.8. The van der Waals surface area contributed by atoms with Crippen molar-refractivity contribution in [1.82, 2.24) is 5.32 Å². The SMILES string of the molecule is O=C(C[C@@]1(O)C2CC[C@H]1C[C@H](S(=O)(=O)c1cc(C(=O)Nc3ccc(F)c(F)c3)ccc1Cl)C2)NC1CC(O)C1. The zero-order valence-corrected chi connectivity index (χ0v) is 22.4. The standard InChI is InChI=1S/C27H29ClF2N2O6S/c28-21-5-1-14(26(35)32-17-4-6-22(29)23(30)12-17)7-24(21)39(37,38)20-8-15-2-3-16(9-20)27(15,36)13-25(34)31-18-10-19(33)11-18/h1,4-7,12,15-16,18-20,33,36H,2-3,8-11,13H2,(H,31,34)(H,32,35)/t15-,16?,18?,19?,20-,27-/m0/s1. The van der Waals surface area contributed by atoms with E-state index in [4.69, 9.17) is 11.6 Å². The molecule has 0 saturated heterocycles. The van der Waals surface area contributed by atoms with Crippen LogP contribution < -0.4 is 10.6 Å². The number of carbonyl (C=O) groups is 2. The highest BCUT2D eigenvalue weighted by Gasteiger charge is 2.56. The van der Waals surface area contributed by atoms with Gasteiger partial charge in [-0.2, -0.15) is 0 Å². The summed E-state index contributed by atoms with van der Waals surface area (Å²) >= 11 is 6.27. The summed E-state index contributed by atoms with van der Waals surface area (Å²) in [5.41, 5.74) is -1.34. The number of hydrogen-bond donors (Lipinski definition) is 4. The van der Waals surface area contributed by atoms with Gasteiger partial charge in [0.05, 0.1) is 33.3 Å². The molecule has 2 aromatic rings. The summed E-state index contributed by atoms with van der Waals surface area (Å²) in [7, 11) is -4.02. The summed E-state index contributed by atoms with van der Waals surface area (Å²) in [6.45, 7) is 0. The van der Waals surface area contributed by atoms with Crippen molar-refractivity contribution in [2.24, 2.45) is 11.8 Å². The second-order valence-corrected chi connectivity index (χ2v) is 13.5. The fourth-order valence-corrected chi connectivity index (χ4v) is 8.61. The van der Waals surface area contributed by atoms with Crippen molar-refractivity contribution in [3.8, 4) is 0 Å². The van der Waals surface area contributed by atoms with Crippen molar-refractivity contribution >= 4 is 38.9 Å². The Bertz CT molecular complexity index is 1400. The number of aliphatic hydroxyl groups is 2. The van der Waals surface area contributed by atoms with Crippen LogP contribution in [0, 0.1) is 23.5 Å². The van der Waals surface area contributed by atoms with Gasteiger partial charge < -0.3 is 20.8 Å². The average molecular weight is 583 g/mol. The molecule has 210 valence electrons. The number of fused-ring (bicyclic) bond motifs is 2. The summed E-state index contributed by atoms with van der Waals surface area (Å²) in [5, 5.41) is 25.2. The number of anilines is 1. The number of amides is 2. The predicted octanol–water partition coefficient (Wildman–Crippen LogP) is 3.59. The smallest absolute Gasteiger partial charge is 0.255 e. The topological polar surface area (TPSA) is 133 Å². The minimum absolute atomic E-state index is 0.000998. The van der Waals surface area contributed by atoms with E-state index in [9.17, 15) is 37.0 Å². The van der Waals surface area contributed by atoms with Crippen molar-refractivity contribution in [2.45, 2.75) is 72.8 Å². The molecule has 1 unspecified atom stereocenters. The number of rotatable bonds is 7. The molecule has 0 radical (unpaired) electrons. The zero-order chi connectivity index (χ0) is 28.1. The van der Waals surface area contributed by atoms with E-state index in [1.54, 1.807) is 0 Å². The number of hydrogen-bond acceptors (Lipinski definition) is 6. The first-order chi connectivity index (χ1) is 18.4. The maximum Gasteiger partial charge on any atom is 0.255 e. The molecule has 0 spiro atoms. The molecule has 2 aromatic carbocycles. The third-order valence-electron chi connectivity index (χ3n) is 8.41. The molecule has 8 nitrogen and oxygen atoms in total. The van der Waals surface area contributed by atoms with E-state index in [-0.39, 0.29) is 52.4 Å². The Morgan fingerprint density at radius 2 is 1.67 bits per heavy atom. The first-order valence-electron chi connectivity index (χ1n) is 12.9. The van der Waals surface area contributed by atoms with Crippen molar-refractivity contribution in [2.75, 3.05) is 5.32 Å². The number of carbonyl (C=O) groups excluding carboxylic acids is 2. The van der Waals surface area contributed by atoms with Crippen LogP contribution in [0.1, 0.15) is 55.3 Å². The van der Waals surface area contributed by atoms with Gasteiger partial charge in [0.2, 0.25) is 5.91 Å². The van der Waals surface area contributed by atoms with Crippen molar-refractivity contribution in [3.05, 3.63) is 58.6 Å². The third kappa shape index (κ3) is 5.41. The van der Waals surface area contributed by atoms with Gasteiger partial charge in [0.15, 0.2) is 21.5 Å². The van der Waals surface area contributed by atoms with Gasteiger partial charge in [-0.25, -0.2) is 17.2 Å². The Hall–Kier alpha value is -2.60. The molecule has 2 amide bonds. The largest absolute Gasteiger partial charge is 0.393 e. The normalized spacial score (nSPS) is 29.9. The lowest BCUT2D eigenvalue weighted by atomic mass is 9.72. The van der Waals surface area contributed by atoms with Crippen LogP contribution in [0.25, 0.3) is 0 Å². The molecule has 3 saturated carbocycles. The van der Waals surface area contributed by atoms with E-state index in [0.29, 0.717) is 25.7 Å². The van der Waals surface area contributed by atoms with E-state index >= 15 is 0 Å². The molecule has 4 atom stereocenters. The van der Waals surface area contributed by atoms with Gasteiger partial charge in [0.25, 0.3) is 5.91 Å². The van der Waals surface area contributed by atoms with Gasteiger partial charge in [-0.1, -0.05) is 11.6 Å². The lowest BCUT2D eigenvalue weighted by Crippen LogP contribution is -2.53. The predicted molar refractivity (Wildman–Crippen MR) is 139 cm³/mol. The van der Waals surface area contributed by atoms with Crippen molar-refractivity contribution < 1.29 is 37.0 Å². The maximum absolute atomic E-state index is 13.7. The minimum atomic E-state index is -4.02. The van der Waals surface area contributed by atoms with E-state index < -0.39 is 56.2 Å². The van der Waals surface area contributed by atoms with Gasteiger partial charge in [-0.3, -0.25) is 9.59 Å². The highest BCUT2D eigenvalue weighted by atomic mass is 35.5. The van der Waals surface area contributed by atoms with E-state index in [2.05, 4.69) is 10.6 Å². The van der Waals surface area contributed by atoms with Crippen LogP contribution in [0.3, 0.4) is 0 Å². The Morgan fingerprint density at radius 3 is 2.28 bits per heavy atom. The number of aliphatic hydroxyl groups excluding tert-OH is 1. The van der Waals surface area contributed by atoms with Gasteiger partial charge in [-0.05, 0) is 80.7 Å². The summed E-state index contributed by atoms with van der Waals surface area (Å²) in [6.07, 6.45) is 1.89. The molecule has 39 heavy (non-hydrogen) atoms. The molecule has 3 aliphatic carbocycles. The van der Waals surface area contributed by atoms with Crippen LogP contribution in [-0.2, 0) is 14.6 Å². The van der Waals surface area contributed by atoms with Crippen molar-refractivity contribution in [1.29, 1.82) is 0 Å². The van der Waals surface area contributed by atoms with E-state index in [1.165, 1.54) is 18.2 Å². The molecule has 3 aliphatic rings. The van der Waals surface area contributed by atoms with Crippen LogP contribution in [0.4, 0.5) is 14.5 Å². The average Bonchev–Trinajstić information content (AvgIpc) is 3.01. The lowest BCUT2D eigenvalue weighted by Gasteiger charge is -2.42. The number of halogens is 3. The summed E-state index contributed by atoms with van der Waals surface area (Å²) in [5.74, 6) is -4.04. The van der Waals surface area contributed by atoms with Gasteiger partial charge >= 0.3 is 0 Å². The number of sulfone groups is 1. The molecule has 5 rings (SSSR count). The van der Waals surface area contributed by atoms with Gasteiger partial charge in [0.1, 0.15) is 0 Å². The Kier molecular flexibility index (Phi) is 7.47. The number of benzene rings is 2. The third-order valence-corrected chi connectivity index (χ3v) is 11.1. The summed E-state index contributed by atoms with van der Waals surface area (Å²) in [4.78, 5) is 25.1. The Morgan fingerprint density at radius 1 is 1.00 bits per heavy atom. The maximum atomic E-state index is 13.7. The Balaban J connectivity index is 1.30. The molecular weight excluding hydrogens is 554 g/mol. The lowest BCUT2D eigenvalue weighted by molar-refractivity contribution is -0.134. The van der Waals surface area contributed by atoms with Crippen LogP contribution >= 0.6 is 11.6 Å². The van der Waals surface area contributed by atoms with Crippen LogP contribution in [0.15, 0.2) is 41.3 Å². The van der Waals surface area contributed by atoms with E-state index in [0.717, 1.165) is 18.2 Å². The molecule has 0 aromatic heterocycles. The molecule has 4 N–H and O–H groups in total.